The first-order valence-corrected chi connectivity index (χ1v) is 6.90. The first-order valence-electron chi connectivity index (χ1n) is 6.90. The molecule has 5 nitrogen and oxygen atoms in total. The van der Waals surface area contributed by atoms with Gasteiger partial charge in [0.1, 0.15) is 11.5 Å². The molecule has 1 amide bonds. The Kier molecular flexibility index (Phi) is 3.48. The molecule has 0 aliphatic heterocycles. The number of para-hydroxylation sites is 2. The van der Waals surface area contributed by atoms with Crippen LogP contribution in [0.2, 0.25) is 0 Å². The van der Waals surface area contributed by atoms with Crippen molar-refractivity contribution in [2.45, 2.75) is 20.4 Å². The summed E-state index contributed by atoms with van der Waals surface area (Å²) in [6.45, 7) is 4.86. The number of fused-ring (bicyclic) bond motifs is 1. The number of rotatable bonds is 4. The summed E-state index contributed by atoms with van der Waals surface area (Å²) in [5.41, 5.74) is 2.63. The number of hydrogen-bond acceptors (Lipinski definition) is 3. The number of aromatic nitrogens is 2. The molecular weight excluding hydrogens is 266 g/mol. The van der Waals surface area contributed by atoms with Gasteiger partial charge in [0.05, 0.1) is 22.9 Å². The van der Waals surface area contributed by atoms with Crippen LogP contribution in [-0.2, 0) is 6.54 Å². The van der Waals surface area contributed by atoms with E-state index >= 15 is 0 Å². The molecule has 0 saturated carbocycles. The number of nitrogens with one attached hydrogen (secondary N) is 1. The first kappa shape index (κ1) is 13.4. The highest BCUT2D eigenvalue weighted by Crippen LogP contribution is 2.13. The maximum atomic E-state index is 12.1. The van der Waals surface area contributed by atoms with Crippen LogP contribution in [0.3, 0.4) is 0 Å². The van der Waals surface area contributed by atoms with Crippen molar-refractivity contribution in [2.24, 2.45) is 0 Å². The van der Waals surface area contributed by atoms with Crippen LogP contribution in [-0.4, -0.2) is 22.0 Å². The Morgan fingerprint density at radius 3 is 2.90 bits per heavy atom. The van der Waals surface area contributed by atoms with Crippen LogP contribution in [0.5, 0.6) is 0 Å². The van der Waals surface area contributed by atoms with E-state index in [1.54, 1.807) is 19.3 Å². The van der Waals surface area contributed by atoms with Gasteiger partial charge in [-0.1, -0.05) is 12.1 Å². The molecule has 5 heteroatoms. The Hall–Kier alpha value is -2.56. The Morgan fingerprint density at radius 2 is 2.14 bits per heavy atom. The molecule has 0 aliphatic carbocycles. The lowest BCUT2D eigenvalue weighted by Crippen LogP contribution is -2.27. The largest absolute Gasteiger partial charge is 0.466 e. The van der Waals surface area contributed by atoms with Crippen LogP contribution < -0.4 is 5.32 Å². The smallest absolute Gasteiger partial charge is 0.254 e. The van der Waals surface area contributed by atoms with E-state index in [2.05, 4.69) is 10.3 Å². The summed E-state index contributed by atoms with van der Waals surface area (Å²) in [7, 11) is 0. The quantitative estimate of drug-likeness (QED) is 0.800. The zero-order chi connectivity index (χ0) is 14.8. The maximum absolute atomic E-state index is 12.1. The van der Waals surface area contributed by atoms with Gasteiger partial charge < -0.3 is 14.3 Å². The van der Waals surface area contributed by atoms with Gasteiger partial charge in [0, 0.05) is 13.1 Å². The molecule has 0 aliphatic rings. The number of nitrogens with zero attached hydrogens (tertiary/aromatic N) is 2. The molecule has 3 rings (SSSR count). The molecule has 1 N–H and O–H groups in total. The van der Waals surface area contributed by atoms with E-state index in [1.807, 2.05) is 35.8 Å². The van der Waals surface area contributed by atoms with Gasteiger partial charge in [-0.3, -0.25) is 4.79 Å². The fourth-order valence-electron chi connectivity index (χ4n) is 2.43. The van der Waals surface area contributed by atoms with Crippen molar-refractivity contribution in [1.29, 1.82) is 0 Å². The summed E-state index contributed by atoms with van der Waals surface area (Å²) in [6, 6.07) is 9.70. The normalized spacial score (nSPS) is 11.0. The highest BCUT2D eigenvalue weighted by atomic mass is 16.3. The monoisotopic (exact) mass is 283 g/mol. The summed E-state index contributed by atoms with van der Waals surface area (Å²) in [6.07, 6.45) is 1.80. The molecule has 21 heavy (non-hydrogen) atoms. The Bertz CT molecular complexity index is 786. The second-order valence-electron chi connectivity index (χ2n) is 5.01. The van der Waals surface area contributed by atoms with Crippen molar-refractivity contribution in [2.75, 3.05) is 6.54 Å². The van der Waals surface area contributed by atoms with Gasteiger partial charge in [-0.05, 0) is 32.0 Å². The van der Waals surface area contributed by atoms with Crippen molar-refractivity contribution in [1.82, 2.24) is 14.9 Å². The zero-order valence-corrected chi connectivity index (χ0v) is 12.1. The fourth-order valence-corrected chi connectivity index (χ4v) is 2.43. The Balaban J connectivity index is 1.64. The van der Waals surface area contributed by atoms with Crippen molar-refractivity contribution < 1.29 is 9.21 Å². The van der Waals surface area contributed by atoms with E-state index < -0.39 is 0 Å². The minimum Gasteiger partial charge on any atom is -0.466 e. The van der Waals surface area contributed by atoms with Crippen molar-refractivity contribution in [3.63, 3.8) is 0 Å². The summed E-state index contributed by atoms with van der Waals surface area (Å²) in [4.78, 5) is 16.4. The SMILES string of the molecule is Cc1cc(C(=O)NCCn2cnc3ccccc32)c(C)o1. The predicted molar refractivity (Wildman–Crippen MR) is 80.2 cm³/mol. The van der Waals surface area contributed by atoms with Gasteiger partial charge in [0.15, 0.2) is 0 Å². The second-order valence-corrected chi connectivity index (χ2v) is 5.01. The number of furan rings is 1. The second kappa shape index (κ2) is 5.44. The van der Waals surface area contributed by atoms with Crippen LogP contribution >= 0.6 is 0 Å². The summed E-state index contributed by atoms with van der Waals surface area (Å²) in [5.74, 6) is 1.30. The zero-order valence-electron chi connectivity index (χ0n) is 12.1. The minimum atomic E-state index is -0.103. The van der Waals surface area contributed by atoms with Crippen LogP contribution in [0.25, 0.3) is 11.0 Å². The van der Waals surface area contributed by atoms with E-state index in [1.165, 1.54) is 0 Å². The number of carbonyl (C=O) groups is 1. The third-order valence-electron chi connectivity index (χ3n) is 3.45. The van der Waals surface area contributed by atoms with Crippen molar-refractivity contribution in [3.8, 4) is 0 Å². The van der Waals surface area contributed by atoms with E-state index in [9.17, 15) is 4.79 Å². The lowest BCUT2D eigenvalue weighted by molar-refractivity contribution is 0.0951. The molecule has 108 valence electrons. The van der Waals surface area contributed by atoms with Gasteiger partial charge in [0.25, 0.3) is 5.91 Å². The molecule has 0 atom stereocenters. The van der Waals surface area contributed by atoms with E-state index in [0.29, 0.717) is 24.4 Å². The van der Waals surface area contributed by atoms with Gasteiger partial charge in [-0.15, -0.1) is 0 Å². The van der Waals surface area contributed by atoms with Crippen LogP contribution in [0.1, 0.15) is 21.9 Å². The van der Waals surface area contributed by atoms with E-state index in [4.69, 9.17) is 4.42 Å². The predicted octanol–water partition coefficient (Wildman–Crippen LogP) is 2.68. The average Bonchev–Trinajstić information content (AvgIpc) is 3.02. The maximum Gasteiger partial charge on any atom is 0.254 e. The van der Waals surface area contributed by atoms with Crippen molar-refractivity contribution >= 4 is 16.9 Å². The number of benzene rings is 1. The lowest BCUT2D eigenvalue weighted by atomic mass is 10.2. The molecule has 0 unspecified atom stereocenters. The summed E-state index contributed by atoms with van der Waals surface area (Å²) >= 11 is 0. The lowest BCUT2D eigenvalue weighted by Gasteiger charge is -2.06. The van der Waals surface area contributed by atoms with Gasteiger partial charge >= 0.3 is 0 Å². The Labute approximate surface area is 122 Å². The molecule has 0 spiro atoms. The number of imidazole rings is 1. The molecule has 0 saturated heterocycles. The van der Waals surface area contributed by atoms with Crippen molar-refractivity contribution in [3.05, 3.63) is 53.7 Å². The molecule has 3 aromatic rings. The van der Waals surface area contributed by atoms with Gasteiger partial charge in [-0.2, -0.15) is 0 Å². The molecule has 0 radical (unpaired) electrons. The number of aryl methyl sites for hydroxylation is 2. The standard InChI is InChI=1S/C16H17N3O2/c1-11-9-13(12(2)21-11)16(20)17-7-8-19-10-18-14-5-3-4-6-15(14)19/h3-6,9-10H,7-8H2,1-2H3,(H,17,20). The molecule has 2 heterocycles. The molecule has 0 bridgehead atoms. The summed E-state index contributed by atoms with van der Waals surface area (Å²) < 4.78 is 7.40. The van der Waals surface area contributed by atoms with Crippen LogP contribution in [0.15, 0.2) is 41.1 Å². The highest BCUT2D eigenvalue weighted by molar-refractivity contribution is 5.95. The number of hydrogen-bond donors (Lipinski definition) is 1. The van der Waals surface area contributed by atoms with Gasteiger partial charge in [0.2, 0.25) is 0 Å². The minimum absolute atomic E-state index is 0.103. The average molecular weight is 283 g/mol. The first-order chi connectivity index (χ1) is 10.1. The van der Waals surface area contributed by atoms with E-state index in [0.717, 1.165) is 16.8 Å². The van der Waals surface area contributed by atoms with Crippen LogP contribution in [0.4, 0.5) is 0 Å². The van der Waals surface area contributed by atoms with Gasteiger partial charge in [-0.25, -0.2) is 4.98 Å². The Morgan fingerprint density at radius 1 is 1.33 bits per heavy atom. The molecule has 0 fully saturated rings. The molecule has 2 aromatic heterocycles. The van der Waals surface area contributed by atoms with Crippen LogP contribution in [0, 0.1) is 13.8 Å². The third-order valence-corrected chi connectivity index (χ3v) is 3.45. The molecular formula is C16H17N3O2. The fraction of sp³-hybridized carbons (Fsp3) is 0.250. The molecule has 1 aromatic carbocycles. The third kappa shape index (κ3) is 2.67. The number of carbonyl (C=O) groups excluding carboxylic acids is 1. The topological polar surface area (TPSA) is 60.1 Å². The van der Waals surface area contributed by atoms with E-state index in [-0.39, 0.29) is 5.91 Å². The summed E-state index contributed by atoms with van der Waals surface area (Å²) in [5, 5.41) is 2.91. The highest BCUT2D eigenvalue weighted by Gasteiger charge is 2.12. The number of amides is 1.